The van der Waals surface area contributed by atoms with Gasteiger partial charge in [0.25, 0.3) is 0 Å². The largest absolute Gasteiger partial charge is 0.512 e. The first-order chi connectivity index (χ1) is 36.1. The predicted octanol–water partition coefficient (Wildman–Crippen LogP) is 18.5. The molecule has 0 spiro atoms. The molecule has 10 aromatic rings. The number of aromatic nitrogens is 2. The molecule has 2 aromatic heterocycles. The van der Waals surface area contributed by atoms with Crippen molar-refractivity contribution in [3.63, 3.8) is 0 Å². The van der Waals surface area contributed by atoms with Gasteiger partial charge in [-0.1, -0.05) is 206 Å². The lowest BCUT2D eigenvalue weighted by Gasteiger charge is -2.34. The van der Waals surface area contributed by atoms with E-state index >= 15 is 0 Å². The van der Waals surface area contributed by atoms with Gasteiger partial charge in [0.15, 0.2) is 5.78 Å². The fourth-order valence-corrected chi connectivity index (χ4v) is 12.6. The molecule has 8 aromatic carbocycles. The second kappa shape index (κ2) is 18.0. The standard InChI is InChI=1S/C71H62N2O2/c1-43(74)57(40-69(2,3)4)64(75)36-35-44-21-9-10-22-48(44)45-37-46(49-23-11-13-25-51(49)58-41-72-67-55-27-15-17-31-60(55)70(5,6)62-33-19-29-53(58)65(62)67)39-47(38-45)50-24-12-14-26-52(50)59-42-73-68-56-28-16-18-32-61(56)71(7,8)63-34-20-30-54(59)66(63)68/h9-34,37-39,41-42,74H,35-36,40H2,1-8H3. The number of rotatable bonds is 10. The van der Waals surface area contributed by atoms with Crippen molar-refractivity contribution >= 4 is 27.3 Å². The van der Waals surface area contributed by atoms with Crippen molar-refractivity contribution in [1.82, 2.24) is 9.97 Å². The normalized spacial score (nSPS) is 14.3. The number of Topliss-reactive ketones (excluding diaryl/α,β-unsaturated/α-hetero) is 1. The Kier molecular flexibility index (Phi) is 11.5. The Hall–Kier alpha value is -8.21. The van der Waals surface area contributed by atoms with Crippen LogP contribution >= 0.6 is 0 Å². The lowest BCUT2D eigenvalue weighted by Crippen LogP contribution is -2.24. The molecule has 1 N–H and O–H groups in total. The smallest absolute Gasteiger partial charge is 0.162 e. The number of ketones is 1. The zero-order valence-corrected chi connectivity index (χ0v) is 44.3. The van der Waals surface area contributed by atoms with Gasteiger partial charge in [0.1, 0.15) is 0 Å². The maximum atomic E-state index is 14.0. The Bertz CT molecular complexity index is 3800. The van der Waals surface area contributed by atoms with Gasteiger partial charge in [0, 0.05) is 68.2 Å². The van der Waals surface area contributed by atoms with Crippen LogP contribution in [0.4, 0.5) is 0 Å². The minimum atomic E-state index is -0.209. The second-order valence-electron chi connectivity index (χ2n) is 23.1. The van der Waals surface area contributed by atoms with Crippen molar-refractivity contribution < 1.29 is 9.90 Å². The van der Waals surface area contributed by atoms with Crippen LogP contribution in [0.15, 0.2) is 200 Å². The molecule has 0 radical (unpaired) electrons. The van der Waals surface area contributed by atoms with Crippen molar-refractivity contribution in [3.8, 4) is 78.1 Å². The minimum Gasteiger partial charge on any atom is -0.512 e. The Morgan fingerprint density at radius 1 is 0.467 bits per heavy atom. The van der Waals surface area contributed by atoms with Gasteiger partial charge < -0.3 is 5.11 Å². The van der Waals surface area contributed by atoms with Crippen LogP contribution in [0.3, 0.4) is 0 Å². The Labute approximate surface area is 441 Å². The summed E-state index contributed by atoms with van der Waals surface area (Å²) in [5.41, 5.74) is 21.5. The van der Waals surface area contributed by atoms with E-state index in [2.05, 4.69) is 237 Å². The SMILES string of the molecule is CC(O)=C(CC(C)(C)C)C(=O)CCc1ccccc1-c1cc(-c2ccccc2-c2cnc3c4c(cccc24)C(C)(C)c2ccccc2-3)cc(-c2ccccc2-c2cnc3c4c(cccc24)C(C)(C)c2ccccc2-3)c1. The Morgan fingerprint density at radius 2 is 0.853 bits per heavy atom. The van der Waals surface area contributed by atoms with E-state index < -0.39 is 0 Å². The molecular weight excluding hydrogens is 913 g/mol. The predicted molar refractivity (Wildman–Crippen MR) is 312 cm³/mol. The van der Waals surface area contributed by atoms with Crippen molar-refractivity contribution in [3.05, 3.63) is 227 Å². The van der Waals surface area contributed by atoms with E-state index in [4.69, 9.17) is 9.97 Å². The van der Waals surface area contributed by atoms with E-state index in [0.717, 1.165) is 72.6 Å². The van der Waals surface area contributed by atoms with Gasteiger partial charge in [-0.3, -0.25) is 14.8 Å². The summed E-state index contributed by atoms with van der Waals surface area (Å²) in [6, 6.07) is 64.0. The van der Waals surface area contributed by atoms with Gasteiger partial charge >= 0.3 is 0 Å². The highest BCUT2D eigenvalue weighted by molar-refractivity contribution is 6.11. The highest BCUT2D eigenvalue weighted by atomic mass is 16.3. The molecule has 0 amide bonds. The average molecular weight is 975 g/mol. The van der Waals surface area contributed by atoms with E-state index in [-0.39, 0.29) is 34.2 Å². The van der Waals surface area contributed by atoms with Crippen molar-refractivity contribution in [2.24, 2.45) is 5.41 Å². The third-order valence-electron chi connectivity index (χ3n) is 16.3. The first-order valence-electron chi connectivity index (χ1n) is 26.5. The van der Waals surface area contributed by atoms with Gasteiger partial charge in [-0.25, -0.2) is 0 Å². The summed E-state index contributed by atoms with van der Waals surface area (Å²) >= 11 is 0. The number of allylic oxidation sites excluding steroid dienone is 2. The fraction of sp³-hybridized carbons (Fsp3) is 0.197. The quantitative estimate of drug-likeness (QED) is 0.110. The second-order valence-corrected chi connectivity index (χ2v) is 23.1. The maximum absolute atomic E-state index is 14.0. The molecule has 0 atom stereocenters. The summed E-state index contributed by atoms with van der Waals surface area (Å²) < 4.78 is 0. The molecule has 0 saturated heterocycles. The van der Waals surface area contributed by atoms with Crippen molar-refractivity contribution in [2.45, 2.75) is 85.5 Å². The van der Waals surface area contributed by atoms with Crippen LogP contribution in [0, 0.1) is 5.41 Å². The molecule has 2 aliphatic rings. The number of aliphatic hydroxyl groups excluding tert-OH is 1. The Morgan fingerprint density at radius 3 is 1.31 bits per heavy atom. The zero-order valence-electron chi connectivity index (χ0n) is 44.3. The molecule has 0 fully saturated rings. The molecule has 2 aliphatic carbocycles. The molecule has 0 aliphatic heterocycles. The first-order valence-corrected chi connectivity index (χ1v) is 26.5. The number of pyridine rings is 2. The summed E-state index contributed by atoms with van der Waals surface area (Å²) in [7, 11) is 0. The Balaban J connectivity index is 1.06. The molecule has 4 heteroatoms. The van der Waals surface area contributed by atoms with Crippen LogP contribution in [-0.4, -0.2) is 20.9 Å². The molecule has 4 nitrogen and oxygen atoms in total. The summed E-state index contributed by atoms with van der Waals surface area (Å²) in [5.74, 6) is 0.0945. The summed E-state index contributed by atoms with van der Waals surface area (Å²) in [5, 5.41) is 15.5. The first kappa shape index (κ1) is 47.8. The van der Waals surface area contributed by atoms with Crippen LogP contribution < -0.4 is 0 Å². The van der Waals surface area contributed by atoms with E-state index in [1.165, 1.54) is 54.9 Å². The molecule has 0 bridgehead atoms. The third kappa shape index (κ3) is 8.01. The van der Waals surface area contributed by atoms with E-state index in [1.807, 2.05) is 0 Å². The van der Waals surface area contributed by atoms with Gasteiger partial charge in [0.05, 0.1) is 17.1 Å². The minimum absolute atomic E-state index is 0.0138. The van der Waals surface area contributed by atoms with Gasteiger partial charge in [-0.15, -0.1) is 0 Å². The van der Waals surface area contributed by atoms with E-state index in [0.29, 0.717) is 18.4 Å². The lowest BCUT2D eigenvalue weighted by molar-refractivity contribution is -0.116. The number of carbonyl (C=O) groups excluding carboxylic acids is 1. The highest BCUT2D eigenvalue weighted by Crippen LogP contribution is 2.52. The molecule has 0 unspecified atom stereocenters. The van der Waals surface area contributed by atoms with E-state index in [9.17, 15) is 9.90 Å². The van der Waals surface area contributed by atoms with Crippen LogP contribution in [-0.2, 0) is 22.0 Å². The number of benzene rings is 8. The number of nitrogens with zero attached hydrogens (tertiary/aromatic N) is 2. The zero-order chi connectivity index (χ0) is 52.0. The number of hydrogen-bond donors (Lipinski definition) is 1. The molecule has 0 saturated carbocycles. The monoisotopic (exact) mass is 974 g/mol. The molecule has 2 heterocycles. The van der Waals surface area contributed by atoms with E-state index in [1.54, 1.807) is 6.92 Å². The van der Waals surface area contributed by atoms with Crippen LogP contribution in [0.5, 0.6) is 0 Å². The molecule has 12 rings (SSSR count). The van der Waals surface area contributed by atoms with Crippen molar-refractivity contribution in [1.29, 1.82) is 0 Å². The lowest BCUT2D eigenvalue weighted by atomic mass is 9.69. The summed E-state index contributed by atoms with van der Waals surface area (Å²) in [6.07, 6.45) is 5.50. The summed E-state index contributed by atoms with van der Waals surface area (Å²) in [4.78, 5) is 24.7. The van der Waals surface area contributed by atoms with Crippen LogP contribution in [0.2, 0.25) is 0 Å². The molecule has 368 valence electrons. The number of fused-ring (bicyclic) bond motifs is 4. The fourth-order valence-electron chi connectivity index (χ4n) is 12.6. The summed E-state index contributed by atoms with van der Waals surface area (Å²) in [6.45, 7) is 17.3. The number of aliphatic hydroxyl groups is 1. The number of aryl methyl sites for hydroxylation is 1. The number of carbonyl (C=O) groups is 1. The van der Waals surface area contributed by atoms with Gasteiger partial charge in [-0.05, 0) is 126 Å². The van der Waals surface area contributed by atoms with Gasteiger partial charge in [-0.2, -0.15) is 0 Å². The maximum Gasteiger partial charge on any atom is 0.162 e. The third-order valence-corrected chi connectivity index (χ3v) is 16.3. The number of hydrogen-bond acceptors (Lipinski definition) is 4. The average Bonchev–Trinajstić information content (AvgIpc) is 3.42. The highest BCUT2D eigenvalue weighted by Gasteiger charge is 2.36. The van der Waals surface area contributed by atoms with Crippen molar-refractivity contribution in [2.75, 3.05) is 0 Å². The van der Waals surface area contributed by atoms with Crippen LogP contribution in [0.1, 0.15) is 96.0 Å². The van der Waals surface area contributed by atoms with Crippen LogP contribution in [0.25, 0.3) is 99.7 Å². The molecular formula is C71H62N2O2. The van der Waals surface area contributed by atoms with Gasteiger partial charge in [0.2, 0.25) is 0 Å². The topological polar surface area (TPSA) is 63.1 Å². The molecule has 75 heavy (non-hydrogen) atoms.